The number of carbonyl (C=O) groups is 2. The van der Waals surface area contributed by atoms with Crippen LogP contribution in [0.1, 0.15) is 142 Å². The lowest BCUT2D eigenvalue weighted by atomic mass is 10.2. The number of rotatable bonds is 34. The van der Waals surface area contributed by atoms with Crippen LogP contribution in [0.2, 0.25) is 0 Å². The predicted octanol–water partition coefficient (Wildman–Crippen LogP) is 12.8. The van der Waals surface area contributed by atoms with Crippen LogP contribution < -0.4 is 0 Å². The quantitative estimate of drug-likeness (QED) is 0.0408. The van der Waals surface area contributed by atoms with E-state index in [-0.39, 0.29) is 38.0 Å². The molecular weight excluding hydrogens is 645 g/mol. The van der Waals surface area contributed by atoms with Gasteiger partial charge in [0.1, 0.15) is 19.3 Å². The fourth-order valence-electron chi connectivity index (χ4n) is 4.64. The highest BCUT2D eigenvalue weighted by Gasteiger charge is 2.11. The Hall–Kier alpha value is -3.70. The van der Waals surface area contributed by atoms with Crippen molar-refractivity contribution in [3.05, 3.63) is 122 Å². The first-order valence-corrected chi connectivity index (χ1v) is 20.1. The van der Waals surface area contributed by atoms with Gasteiger partial charge in [-0.25, -0.2) is 0 Å². The van der Waals surface area contributed by atoms with Crippen molar-refractivity contribution in [2.24, 2.45) is 0 Å². The van der Waals surface area contributed by atoms with Gasteiger partial charge in [0.15, 0.2) is 0 Å². The van der Waals surface area contributed by atoms with Crippen LogP contribution in [0, 0.1) is 0 Å². The zero-order valence-corrected chi connectivity index (χ0v) is 32.8. The van der Waals surface area contributed by atoms with Gasteiger partial charge in [0.25, 0.3) is 0 Å². The highest BCUT2D eigenvalue weighted by atomic mass is 16.6. The van der Waals surface area contributed by atoms with Crippen LogP contribution in [0.3, 0.4) is 0 Å². The Bertz CT molecular complexity index is 1040. The van der Waals surface area contributed by atoms with E-state index >= 15 is 0 Å². The summed E-state index contributed by atoms with van der Waals surface area (Å²) < 4.78 is 10.2. The van der Waals surface area contributed by atoms with Gasteiger partial charge >= 0.3 is 11.9 Å². The molecule has 0 aromatic heterocycles. The molecule has 0 radical (unpaired) electrons. The first kappa shape index (κ1) is 48.3. The minimum atomic E-state index is -1.03. The van der Waals surface area contributed by atoms with Gasteiger partial charge in [0.05, 0.1) is 0 Å². The Morgan fingerprint density at radius 1 is 0.404 bits per heavy atom. The Labute approximate surface area is 318 Å². The van der Waals surface area contributed by atoms with Crippen molar-refractivity contribution < 1.29 is 24.2 Å². The second kappa shape index (κ2) is 41.7. The van der Waals surface area contributed by atoms with Crippen LogP contribution in [0.25, 0.3) is 0 Å². The topological polar surface area (TPSA) is 72.8 Å². The van der Waals surface area contributed by atoms with Gasteiger partial charge in [-0.2, -0.15) is 0 Å². The predicted molar refractivity (Wildman–Crippen MR) is 223 cm³/mol. The lowest BCUT2D eigenvalue weighted by molar-refractivity contribution is -0.152. The number of allylic oxidation sites excluding steroid dienone is 20. The number of aliphatic hydroxyl groups is 1. The van der Waals surface area contributed by atoms with E-state index in [9.17, 15) is 14.7 Å². The molecule has 52 heavy (non-hydrogen) atoms. The van der Waals surface area contributed by atoms with Crippen molar-refractivity contribution in [2.75, 3.05) is 13.2 Å². The van der Waals surface area contributed by atoms with Crippen LogP contribution in [-0.2, 0) is 19.1 Å². The third-order valence-electron chi connectivity index (χ3n) is 7.70. The smallest absolute Gasteiger partial charge is 0.306 e. The van der Waals surface area contributed by atoms with Gasteiger partial charge in [0.2, 0.25) is 0 Å². The molecule has 0 saturated carbocycles. The molecule has 0 aromatic rings. The molecule has 0 rings (SSSR count). The van der Waals surface area contributed by atoms with Gasteiger partial charge in [-0.1, -0.05) is 161 Å². The van der Waals surface area contributed by atoms with Gasteiger partial charge in [-0.3, -0.25) is 9.59 Å². The molecule has 0 aromatic carbocycles. The van der Waals surface area contributed by atoms with E-state index < -0.39 is 6.10 Å². The molecule has 0 aliphatic rings. The highest BCUT2D eigenvalue weighted by Crippen LogP contribution is 2.04. The van der Waals surface area contributed by atoms with Crippen molar-refractivity contribution in [1.82, 2.24) is 0 Å². The van der Waals surface area contributed by atoms with Crippen LogP contribution >= 0.6 is 0 Å². The summed E-state index contributed by atoms with van der Waals surface area (Å²) in [5, 5.41) is 10.00. The highest BCUT2D eigenvalue weighted by molar-refractivity contribution is 5.70. The Morgan fingerprint density at radius 2 is 0.654 bits per heavy atom. The van der Waals surface area contributed by atoms with E-state index in [1.807, 2.05) is 24.3 Å². The molecule has 0 heterocycles. The van der Waals surface area contributed by atoms with Crippen molar-refractivity contribution in [3.8, 4) is 0 Å². The first-order chi connectivity index (χ1) is 25.6. The summed E-state index contributed by atoms with van der Waals surface area (Å²) in [4.78, 5) is 23.9. The molecule has 0 amide bonds. The molecule has 0 fully saturated rings. The number of aliphatic hydroxyl groups excluding tert-OH is 1. The molecular formula is C47H72O5. The minimum absolute atomic E-state index is 0.187. The summed E-state index contributed by atoms with van der Waals surface area (Å²) in [5.41, 5.74) is 0. The minimum Gasteiger partial charge on any atom is -0.463 e. The largest absolute Gasteiger partial charge is 0.463 e. The Balaban J connectivity index is 3.73. The maximum Gasteiger partial charge on any atom is 0.306 e. The van der Waals surface area contributed by atoms with Crippen molar-refractivity contribution in [1.29, 1.82) is 0 Å². The number of carbonyl (C=O) groups excluding carboxylic acids is 2. The Kier molecular flexibility index (Phi) is 38.8. The lowest BCUT2D eigenvalue weighted by Gasteiger charge is -2.11. The van der Waals surface area contributed by atoms with Crippen molar-refractivity contribution >= 4 is 11.9 Å². The average Bonchev–Trinajstić information content (AvgIpc) is 3.15. The molecule has 0 saturated heterocycles. The third-order valence-corrected chi connectivity index (χ3v) is 7.70. The third kappa shape index (κ3) is 40.7. The molecule has 0 bridgehead atoms. The molecule has 0 aliphatic carbocycles. The van der Waals surface area contributed by atoms with Crippen molar-refractivity contribution in [2.45, 2.75) is 148 Å². The van der Waals surface area contributed by atoms with Crippen LogP contribution in [0.5, 0.6) is 0 Å². The lowest BCUT2D eigenvalue weighted by Crippen LogP contribution is -2.25. The second-order valence-electron chi connectivity index (χ2n) is 12.7. The normalized spacial score (nSPS) is 13.0. The zero-order chi connectivity index (χ0) is 37.8. The van der Waals surface area contributed by atoms with E-state index in [0.717, 1.165) is 51.4 Å². The van der Waals surface area contributed by atoms with Gasteiger partial charge in [0, 0.05) is 12.8 Å². The monoisotopic (exact) mass is 717 g/mol. The zero-order valence-electron chi connectivity index (χ0n) is 32.8. The van der Waals surface area contributed by atoms with Crippen LogP contribution in [0.4, 0.5) is 0 Å². The van der Waals surface area contributed by atoms with Crippen molar-refractivity contribution in [3.63, 3.8) is 0 Å². The maximum absolute atomic E-state index is 11.9. The molecule has 5 heteroatoms. The Morgan fingerprint density at radius 3 is 0.923 bits per heavy atom. The number of hydrogen-bond acceptors (Lipinski definition) is 5. The molecule has 290 valence electrons. The fraction of sp³-hybridized carbons (Fsp3) is 0.532. The van der Waals surface area contributed by atoms with Crippen LogP contribution in [0.15, 0.2) is 122 Å². The summed E-state index contributed by atoms with van der Waals surface area (Å²) in [6, 6.07) is 0. The molecule has 5 nitrogen and oxygen atoms in total. The summed E-state index contributed by atoms with van der Waals surface area (Å²) in [5.74, 6) is -0.765. The molecule has 0 unspecified atom stereocenters. The summed E-state index contributed by atoms with van der Waals surface area (Å²) in [6.07, 6.45) is 61.3. The van der Waals surface area contributed by atoms with E-state index in [1.54, 1.807) is 0 Å². The van der Waals surface area contributed by atoms with Gasteiger partial charge < -0.3 is 14.6 Å². The summed E-state index contributed by atoms with van der Waals surface area (Å²) >= 11 is 0. The SMILES string of the molecule is CCCCC/C=C\C/C=C\C/C=C\C/C=C\C/C=C\CCC(=O)OCC(O)COC(=O)CC/C=C\C/C=C\C/C=C\C/C=C\C/C=C\CCCCC. The van der Waals surface area contributed by atoms with E-state index in [0.29, 0.717) is 12.8 Å². The number of ether oxygens (including phenoxy) is 2. The summed E-state index contributed by atoms with van der Waals surface area (Å²) in [7, 11) is 0. The molecule has 0 spiro atoms. The van der Waals surface area contributed by atoms with E-state index in [2.05, 4.69) is 111 Å². The standard InChI is InChI=1S/C47H72O5/c1-3-5-7-9-11-13-15-17-19-21-23-25-27-29-31-33-35-37-39-41-46(49)51-43-45(48)44-52-47(50)42-40-38-36-34-32-30-28-26-24-22-20-18-16-14-12-10-8-6-4-2/h11-14,17-20,23-26,29-32,35-38,45,48H,3-10,15-16,21-22,27-28,33-34,39-44H2,1-2H3/b13-11-,14-12-,19-17-,20-18-,25-23-,26-24-,31-29-,32-30-,37-35-,38-36-. The number of unbranched alkanes of at least 4 members (excludes halogenated alkanes) is 6. The number of hydrogen-bond donors (Lipinski definition) is 1. The average molecular weight is 717 g/mol. The molecule has 0 aliphatic heterocycles. The van der Waals surface area contributed by atoms with Gasteiger partial charge in [-0.05, 0) is 89.9 Å². The second-order valence-corrected chi connectivity index (χ2v) is 12.7. The first-order valence-electron chi connectivity index (χ1n) is 20.1. The van der Waals surface area contributed by atoms with Crippen LogP contribution in [-0.4, -0.2) is 36.4 Å². The van der Waals surface area contributed by atoms with Gasteiger partial charge in [-0.15, -0.1) is 0 Å². The van der Waals surface area contributed by atoms with E-state index in [4.69, 9.17) is 9.47 Å². The fourth-order valence-corrected chi connectivity index (χ4v) is 4.64. The molecule has 0 atom stereocenters. The summed E-state index contributed by atoms with van der Waals surface area (Å²) in [6.45, 7) is 4.09. The van der Waals surface area contributed by atoms with E-state index in [1.165, 1.54) is 51.4 Å². The number of esters is 2. The molecule has 1 N–H and O–H groups in total. The maximum atomic E-state index is 11.9.